The van der Waals surface area contributed by atoms with Crippen molar-refractivity contribution in [2.75, 3.05) is 74.0 Å². The molecule has 0 saturated heterocycles. The Morgan fingerprint density at radius 1 is 0.649 bits per heavy atom. The predicted octanol–water partition coefficient (Wildman–Crippen LogP) is 7.17. The Morgan fingerprint density at radius 3 is 1.54 bits per heavy atom. The molecule has 2 rings (SSSR count). The van der Waals surface area contributed by atoms with E-state index in [-0.39, 0.29) is 16.5 Å². The molecular weight excluding hydrogens is 503 g/mol. The van der Waals surface area contributed by atoms with Crippen molar-refractivity contribution >= 4 is 46.1 Å². The zero-order valence-electron chi connectivity index (χ0n) is 24.5. The van der Waals surface area contributed by atoms with Crippen LogP contribution >= 0.6 is 0 Å². The van der Waals surface area contributed by atoms with E-state index >= 15 is 0 Å². The third-order valence-electron chi connectivity index (χ3n) is 6.88. The van der Waals surface area contributed by atoms with Crippen LogP contribution in [0.5, 0.6) is 0 Å². The Labute approximate surface area is 236 Å². The first kappa shape index (κ1) is 32.5. The van der Waals surface area contributed by atoms with E-state index in [1.165, 1.54) is 22.7 Å². The number of aliphatic imine (C=N–C) groups is 2. The third-order valence-corrected chi connectivity index (χ3v) is 6.88. The molecule has 0 amide bonds. The largest absolute Gasteiger partial charge is 0.373 e. The van der Waals surface area contributed by atoms with Crippen molar-refractivity contribution in [2.24, 2.45) is 9.98 Å². The van der Waals surface area contributed by atoms with Crippen LogP contribution in [0.25, 0.3) is 0 Å². The first-order valence-electron chi connectivity index (χ1n) is 13.5. The molecule has 2 aromatic rings. The molecule has 0 N–H and O–H groups in total. The summed E-state index contributed by atoms with van der Waals surface area (Å²) in [6, 6.07) is 13.0. The predicted molar refractivity (Wildman–Crippen MR) is 163 cm³/mol. The molecule has 2 aromatic carbocycles. The van der Waals surface area contributed by atoms with Crippen molar-refractivity contribution in [3.63, 3.8) is 0 Å². The van der Waals surface area contributed by atoms with Crippen LogP contribution in [-0.4, -0.2) is 66.3 Å². The van der Waals surface area contributed by atoms with Gasteiger partial charge in [0.2, 0.25) is 0 Å². The van der Waals surface area contributed by atoms with Crippen molar-refractivity contribution in [1.82, 2.24) is 0 Å². The van der Waals surface area contributed by atoms with Gasteiger partial charge in [-0.15, -0.1) is 0 Å². The van der Waals surface area contributed by atoms with Gasteiger partial charge in [-0.25, -0.2) is 0 Å². The second kappa shape index (κ2) is 16.3. The van der Waals surface area contributed by atoms with Gasteiger partial charge in [-0.1, -0.05) is 13.3 Å². The number of rotatable bonds is 14. The Bertz CT molecular complexity index is 1020. The smallest absolute Gasteiger partial charge is 0.0655 e. The van der Waals surface area contributed by atoms with Crippen molar-refractivity contribution < 1.29 is 16.5 Å². The topological polar surface area (TPSA) is 37.7 Å². The van der Waals surface area contributed by atoms with Crippen LogP contribution in [0.4, 0.5) is 34.1 Å². The molecule has 0 fully saturated rings. The molecule has 0 saturated carbocycles. The number of hydrogen-bond acceptors (Lipinski definition) is 6. The van der Waals surface area contributed by atoms with E-state index in [2.05, 4.69) is 119 Å². The zero-order valence-corrected chi connectivity index (χ0v) is 25.5. The third kappa shape index (κ3) is 9.07. The van der Waals surface area contributed by atoms with Crippen LogP contribution in [0.3, 0.4) is 0 Å². The molecule has 0 heterocycles. The van der Waals surface area contributed by atoms with Crippen LogP contribution in [-0.2, 0) is 16.5 Å². The van der Waals surface area contributed by atoms with Crippen LogP contribution < -0.4 is 19.6 Å². The van der Waals surface area contributed by atoms with Gasteiger partial charge in [-0.2, -0.15) is 0 Å². The maximum atomic E-state index is 5.05. The number of unbranched alkanes of at least 4 members (excludes halogenated alkanes) is 1. The number of nitrogens with zero attached hydrogens (tertiary/aromatic N) is 6. The van der Waals surface area contributed by atoms with E-state index < -0.39 is 0 Å². The zero-order chi connectivity index (χ0) is 26.7. The maximum Gasteiger partial charge on any atom is 0.0655 e. The van der Waals surface area contributed by atoms with Gasteiger partial charge in [0, 0.05) is 77.1 Å². The van der Waals surface area contributed by atoms with Crippen molar-refractivity contribution in [2.45, 2.75) is 53.9 Å². The van der Waals surface area contributed by atoms with Gasteiger partial charge in [0.1, 0.15) is 0 Å². The van der Waals surface area contributed by atoms with Gasteiger partial charge in [0.05, 0.1) is 39.8 Å². The van der Waals surface area contributed by atoms with Crippen LogP contribution in [0, 0.1) is 0 Å². The standard InChI is InChI=1S/C30H48N6.Ni/c1-10-15-16-26(32-25-18-20-28(34(7)12-3)30(22-25)36(9)14-5)23-31-24-17-19-27(33(6)11-2)29(21-24)35(8)13-4;/h17-23H,10-16H2,1-9H3;/b31-23+,32-26+;. The summed E-state index contributed by atoms with van der Waals surface area (Å²) in [5.41, 5.74) is 7.80. The summed E-state index contributed by atoms with van der Waals surface area (Å²) in [4.78, 5) is 19.0. The molecule has 0 atom stereocenters. The van der Waals surface area contributed by atoms with E-state index in [1.54, 1.807) is 0 Å². The minimum atomic E-state index is 0. The van der Waals surface area contributed by atoms with E-state index in [0.717, 1.165) is 62.5 Å². The SMILES string of the molecule is CCCCC(/C=N/c1ccc(N(C)CC)c(N(C)CC)c1)=N\c1ccc(N(C)CC)c(N(C)CC)c1.[Ni]. The Hall–Kier alpha value is -2.53. The molecule has 0 unspecified atom stereocenters. The van der Waals surface area contributed by atoms with Gasteiger partial charge in [-0.05, 0) is 76.9 Å². The van der Waals surface area contributed by atoms with Crippen LogP contribution in [0.2, 0.25) is 0 Å². The molecule has 0 aliphatic carbocycles. The number of anilines is 4. The van der Waals surface area contributed by atoms with Crippen LogP contribution in [0.15, 0.2) is 46.4 Å². The summed E-state index contributed by atoms with van der Waals surface area (Å²) < 4.78 is 0. The molecule has 0 aromatic heterocycles. The molecule has 6 nitrogen and oxygen atoms in total. The summed E-state index contributed by atoms with van der Waals surface area (Å²) in [5, 5.41) is 0. The van der Waals surface area contributed by atoms with Gasteiger partial charge >= 0.3 is 0 Å². The average molecular weight is 551 g/mol. The van der Waals surface area contributed by atoms with Gasteiger partial charge < -0.3 is 19.6 Å². The second-order valence-corrected chi connectivity index (χ2v) is 9.37. The fourth-order valence-corrected chi connectivity index (χ4v) is 3.93. The summed E-state index contributed by atoms with van der Waals surface area (Å²) in [5.74, 6) is 0. The van der Waals surface area contributed by atoms with Gasteiger partial charge in [0.15, 0.2) is 0 Å². The van der Waals surface area contributed by atoms with Gasteiger partial charge in [-0.3, -0.25) is 9.98 Å². The van der Waals surface area contributed by atoms with E-state index in [9.17, 15) is 0 Å². The normalized spacial score (nSPS) is 11.4. The number of hydrogen-bond donors (Lipinski definition) is 0. The van der Waals surface area contributed by atoms with E-state index in [4.69, 9.17) is 9.98 Å². The van der Waals surface area contributed by atoms with Crippen molar-refractivity contribution in [3.8, 4) is 0 Å². The minimum Gasteiger partial charge on any atom is -0.373 e. The molecule has 0 bridgehead atoms. The monoisotopic (exact) mass is 550 g/mol. The maximum absolute atomic E-state index is 5.05. The molecule has 0 radical (unpaired) electrons. The molecule has 37 heavy (non-hydrogen) atoms. The van der Waals surface area contributed by atoms with Gasteiger partial charge in [0.25, 0.3) is 0 Å². The molecular formula is C30H48N6Ni. The Morgan fingerprint density at radius 2 is 1.08 bits per heavy atom. The quantitative estimate of drug-likeness (QED) is 0.184. The first-order chi connectivity index (χ1) is 17.3. The summed E-state index contributed by atoms with van der Waals surface area (Å²) in [6.07, 6.45) is 5.08. The summed E-state index contributed by atoms with van der Waals surface area (Å²) in [7, 11) is 8.54. The Kier molecular flexibility index (Phi) is 14.4. The molecule has 0 aliphatic heterocycles. The van der Waals surface area contributed by atoms with Crippen molar-refractivity contribution in [3.05, 3.63) is 36.4 Å². The number of benzene rings is 2. The molecule has 7 heteroatoms. The average Bonchev–Trinajstić information content (AvgIpc) is 2.92. The molecule has 0 spiro atoms. The molecule has 208 valence electrons. The fraction of sp³-hybridized carbons (Fsp3) is 0.533. The van der Waals surface area contributed by atoms with Crippen molar-refractivity contribution in [1.29, 1.82) is 0 Å². The fourth-order valence-electron chi connectivity index (χ4n) is 3.93. The minimum absolute atomic E-state index is 0. The Balaban J connectivity index is 0.00000684. The van der Waals surface area contributed by atoms with E-state index in [1.807, 2.05) is 6.21 Å². The summed E-state index contributed by atoms with van der Waals surface area (Å²) >= 11 is 0. The molecule has 0 aliphatic rings. The second-order valence-electron chi connectivity index (χ2n) is 9.37. The first-order valence-corrected chi connectivity index (χ1v) is 13.5. The van der Waals surface area contributed by atoms with E-state index in [0.29, 0.717) is 0 Å². The summed E-state index contributed by atoms with van der Waals surface area (Å²) in [6.45, 7) is 14.7. The van der Waals surface area contributed by atoms with Crippen LogP contribution in [0.1, 0.15) is 53.9 Å².